The Labute approximate surface area is 122 Å². The predicted molar refractivity (Wildman–Crippen MR) is 87.2 cm³/mol. The molecule has 0 spiro atoms. The number of hydrogen-bond acceptors (Lipinski definition) is 0. The normalized spacial score (nSPS) is 32.2. The molecule has 1 fully saturated rings. The first-order valence-corrected chi connectivity index (χ1v) is 8.46. The van der Waals surface area contributed by atoms with Gasteiger partial charge in [-0.05, 0) is 18.8 Å². The van der Waals surface area contributed by atoms with Crippen LogP contribution in [-0.2, 0) is 0 Å². The van der Waals surface area contributed by atoms with Crippen molar-refractivity contribution < 1.29 is 0 Å². The molecule has 0 amide bonds. The summed E-state index contributed by atoms with van der Waals surface area (Å²) in [6.45, 7) is 4.79. The standard InChI is InChI=1S/C17H29B2/c1-3-17(4-2,14-10-12-15(18)13-11-14)19-16-8-6-5-7-9-16/h5-6,14-16H,3-4,7-13H2,1-2H3. The highest BCUT2D eigenvalue weighted by atomic mass is 14.4. The van der Waals surface area contributed by atoms with Gasteiger partial charge in [-0.1, -0.05) is 87.9 Å². The summed E-state index contributed by atoms with van der Waals surface area (Å²) in [5.41, 5.74) is 0. The molecule has 2 heteroatoms. The van der Waals surface area contributed by atoms with E-state index in [1.54, 1.807) is 0 Å². The first-order valence-electron chi connectivity index (χ1n) is 8.46. The van der Waals surface area contributed by atoms with E-state index in [0.717, 1.165) is 11.7 Å². The molecule has 0 saturated heterocycles. The summed E-state index contributed by atoms with van der Waals surface area (Å²) in [7, 11) is 8.85. The minimum atomic E-state index is 0.472. The first-order chi connectivity index (χ1) is 9.20. The fourth-order valence-electron chi connectivity index (χ4n) is 4.33. The summed E-state index contributed by atoms with van der Waals surface area (Å²) in [6, 6.07) is 0. The van der Waals surface area contributed by atoms with Crippen molar-refractivity contribution in [2.75, 3.05) is 0 Å². The van der Waals surface area contributed by atoms with Crippen LogP contribution in [0, 0.1) is 5.92 Å². The van der Waals surface area contributed by atoms with E-state index in [1.165, 1.54) is 57.8 Å². The summed E-state index contributed by atoms with van der Waals surface area (Å²) in [5, 5.41) is 0.482. The van der Waals surface area contributed by atoms with Crippen LogP contribution in [0.3, 0.4) is 0 Å². The summed E-state index contributed by atoms with van der Waals surface area (Å²) in [6.07, 6.45) is 16.5. The largest absolute Gasteiger partial charge is 0.122 e. The maximum absolute atomic E-state index is 6.09. The summed E-state index contributed by atoms with van der Waals surface area (Å²) in [4.78, 5) is 0. The quantitative estimate of drug-likeness (QED) is 0.459. The second-order valence-corrected chi connectivity index (χ2v) is 6.76. The van der Waals surface area contributed by atoms with Gasteiger partial charge in [0, 0.05) is 0 Å². The molecule has 2 aliphatic rings. The average molecular weight is 255 g/mol. The van der Waals surface area contributed by atoms with Crippen LogP contribution in [0.1, 0.15) is 71.6 Å². The van der Waals surface area contributed by atoms with E-state index >= 15 is 0 Å². The molecule has 1 atom stereocenters. The van der Waals surface area contributed by atoms with Gasteiger partial charge in [0.2, 0.25) is 0 Å². The molecule has 2 aliphatic carbocycles. The van der Waals surface area contributed by atoms with Gasteiger partial charge in [-0.15, -0.1) is 0 Å². The van der Waals surface area contributed by atoms with Crippen LogP contribution in [0.2, 0.25) is 16.9 Å². The fourth-order valence-corrected chi connectivity index (χ4v) is 4.33. The average Bonchev–Trinajstić information content (AvgIpc) is 2.47. The summed E-state index contributed by atoms with van der Waals surface area (Å²) in [5.74, 6) is 2.17. The lowest BCUT2D eigenvalue weighted by Gasteiger charge is -2.45. The minimum absolute atomic E-state index is 0.472. The molecule has 0 nitrogen and oxygen atoms in total. The molecule has 0 aromatic carbocycles. The van der Waals surface area contributed by atoms with Crippen molar-refractivity contribution in [3.63, 3.8) is 0 Å². The molecule has 0 heterocycles. The Morgan fingerprint density at radius 1 is 1.05 bits per heavy atom. The van der Waals surface area contributed by atoms with Crippen LogP contribution in [-0.4, -0.2) is 15.1 Å². The van der Waals surface area contributed by atoms with Crippen molar-refractivity contribution in [1.29, 1.82) is 0 Å². The third-order valence-corrected chi connectivity index (χ3v) is 5.78. The molecule has 0 aromatic rings. The topological polar surface area (TPSA) is 0 Å². The maximum atomic E-state index is 6.09. The maximum Gasteiger partial charge on any atom is 0.122 e. The van der Waals surface area contributed by atoms with Gasteiger partial charge in [-0.3, -0.25) is 0 Å². The Balaban J connectivity index is 2.01. The van der Waals surface area contributed by atoms with Gasteiger partial charge in [0.1, 0.15) is 7.28 Å². The van der Waals surface area contributed by atoms with E-state index < -0.39 is 0 Å². The zero-order valence-electron chi connectivity index (χ0n) is 12.9. The lowest BCUT2D eigenvalue weighted by molar-refractivity contribution is 0.247. The number of hydrogen-bond donors (Lipinski definition) is 0. The van der Waals surface area contributed by atoms with Crippen LogP contribution in [0.4, 0.5) is 0 Å². The van der Waals surface area contributed by atoms with E-state index in [9.17, 15) is 0 Å². The molecule has 19 heavy (non-hydrogen) atoms. The monoisotopic (exact) mass is 255 g/mol. The fraction of sp³-hybridized carbons (Fsp3) is 0.882. The molecule has 103 valence electrons. The zero-order chi connectivity index (χ0) is 13.7. The number of rotatable bonds is 5. The predicted octanol–water partition coefficient (Wildman–Crippen LogP) is 5.35. The van der Waals surface area contributed by atoms with Crippen molar-refractivity contribution >= 4 is 15.1 Å². The van der Waals surface area contributed by atoms with Crippen LogP contribution >= 0.6 is 0 Å². The van der Waals surface area contributed by atoms with Crippen molar-refractivity contribution in [3.8, 4) is 0 Å². The Kier molecular flexibility index (Phi) is 5.66. The molecule has 0 bridgehead atoms. The molecule has 0 aromatic heterocycles. The molecule has 1 saturated carbocycles. The van der Waals surface area contributed by atoms with Gasteiger partial charge in [0.05, 0.1) is 7.85 Å². The minimum Gasteiger partial charge on any atom is -0.0890 e. The van der Waals surface area contributed by atoms with Gasteiger partial charge >= 0.3 is 0 Å². The van der Waals surface area contributed by atoms with Crippen molar-refractivity contribution in [3.05, 3.63) is 12.2 Å². The molecule has 1 unspecified atom stereocenters. The highest BCUT2D eigenvalue weighted by Crippen LogP contribution is 2.52. The molecule has 0 aliphatic heterocycles. The third kappa shape index (κ3) is 3.70. The Hall–Kier alpha value is -0.130. The van der Waals surface area contributed by atoms with Crippen molar-refractivity contribution in [1.82, 2.24) is 0 Å². The first kappa shape index (κ1) is 15.3. The Morgan fingerprint density at radius 3 is 2.26 bits per heavy atom. The summed E-state index contributed by atoms with van der Waals surface area (Å²) >= 11 is 0. The smallest absolute Gasteiger partial charge is 0.0890 e. The number of allylic oxidation sites excluding steroid dienone is 2. The van der Waals surface area contributed by atoms with E-state index in [2.05, 4.69) is 33.3 Å². The Morgan fingerprint density at radius 2 is 1.74 bits per heavy atom. The van der Waals surface area contributed by atoms with E-state index in [4.69, 9.17) is 7.85 Å². The van der Waals surface area contributed by atoms with Gasteiger partial charge in [0.15, 0.2) is 0 Å². The van der Waals surface area contributed by atoms with Gasteiger partial charge in [-0.2, -0.15) is 0 Å². The second-order valence-electron chi connectivity index (χ2n) is 6.76. The van der Waals surface area contributed by atoms with E-state index in [-0.39, 0.29) is 0 Å². The van der Waals surface area contributed by atoms with Crippen LogP contribution in [0.25, 0.3) is 0 Å². The van der Waals surface area contributed by atoms with Crippen molar-refractivity contribution in [2.45, 2.75) is 88.6 Å². The lowest BCUT2D eigenvalue weighted by atomic mass is 9.37. The van der Waals surface area contributed by atoms with E-state index in [0.29, 0.717) is 11.1 Å². The second kappa shape index (κ2) is 7.04. The van der Waals surface area contributed by atoms with Gasteiger partial charge in [-0.25, -0.2) is 0 Å². The van der Waals surface area contributed by atoms with E-state index in [1.807, 2.05) is 0 Å². The SMILES string of the molecule is [B]C1CCC(C([B]C2CC=CCC2)(CC)CC)CC1. The molecule has 2 rings (SSSR count). The molecular weight excluding hydrogens is 226 g/mol. The third-order valence-electron chi connectivity index (χ3n) is 5.78. The summed E-state index contributed by atoms with van der Waals surface area (Å²) < 4.78 is 0. The van der Waals surface area contributed by atoms with Crippen molar-refractivity contribution in [2.24, 2.45) is 5.92 Å². The highest BCUT2D eigenvalue weighted by Gasteiger charge is 2.39. The van der Waals surface area contributed by atoms with Crippen LogP contribution < -0.4 is 0 Å². The highest BCUT2D eigenvalue weighted by molar-refractivity contribution is 6.42. The molecular formula is C17H29B2. The van der Waals surface area contributed by atoms with Gasteiger partial charge < -0.3 is 0 Å². The lowest BCUT2D eigenvalue weighted by Crippen LogP contribution is -2.33. The van der Waals surface area contributed by atoms with Crippen LogP contribution in [0.15, 0.2) is 12.2 Å². The van der Waals surface area contributed by atoms with Gasteiger partial charge in [0.25, 0.3) is 0 Å². The zero-order valence-corrected chi connectivity index (χ0v) is 12.9. The Bertz CT molecular complexity index is 286. The van der Waals surface area contributed by atoms with Crippen LogP contribution in [0.5, 0.6) is 0 Å². The molecule has 0 N–H and O–H groups in total. The molecule has 3 radical (unpaired) electrons.